The highest BCUT2D eigenvalue weighted by Crippen LogP contribution is 2.36. The summed E-state index contributed by atoms with van der Waals surface area (Å²) >= 11 is 9.35. The lowest BCUT2D eigenvalue weighted by atomic mass is 10.1. The Kier molecular flexibility index (Phi) is 6.62. The lowest BCUT2D eigenvalue weighted by molar-refractivity contribution is -0.116. The predicted molar refractivity (Wildman–Crippen MR) is 81.8 cm³/mol. The van der Waals surface area contributed by atoms with Crippen molar-refractivity contribution in [2.24, 2.45) is 11.7 Å². The normalized spacial score (nSPS) is 12.1. The van der Waals surface area contributed by atoms with Gasteiger partial charge in [0.2, 0.25) is 5.91 Å². The summed E-state index contributed by atoms with van der Waals surface area (Å²) in [5.74, 6) is 0.617. The zero-order chi connectivity index (χ0) is 14.4. The molecule has 0 aromatic heterocycles. The molecule has 1 unspecified atom stereocenters. The summed E-state index contributed by atoms with van der Waals surface area (Å²) in [5.41, 5.74) is 6.07. The quantitative estimate of drug-likeness (QED) is 0.827. The largest absolute Gasteiger partial charge is 0.491 e. The van der Waals surface area contributed by atoms with E-state index >= 15 is 0 Å². The molecular weight excluding hydrogens is 332 g/mol. The fraction of sp³-hybridized carbons (Fsp3) is 0.462. The fourth-order valence-corrected chi connectivity index (χ4v) is 2.47. The molecule has 3 N–H and O–H groups in total. The fourth-order valence-electron chi connectivity index (χ4n) is 1.55. The van der Waals surface area contributed by atoms with Gasteiger partial charge in [-0.3, -0.25) is 4.79 Å². The van der Waals surface area contributed by atoms with Crippen LogP contribution in [0.2, 0.25) is 5.02 Å². The van der Waals surface area contributed by atoms with Crippen LogP contribution in [0.15, 0.2) is 16.6 Å². The van der Waals surface area contributed by atoms with Crippen molar-refractivity contribution in [3.05, 3.63) is 21.6 Å². The minimum atomic E-state index is -0.104. The number of nitrogens with one attached hydrogen (secondary N) is 1. The second-order valence-electron chi connectivity index (χ2n) is 4.29. The molecule has 0 saturated heterocycles. The molecule has 0 aliphatic heterocycles. The van der Waals surface area contributed by atoms with Crippen molar-refractivity contribution in [2.45, 2.75) is 20.3 Å². The number of benzene rings is 1. The number of halogens is 2. The number of carbonyl (C=O) groups excluding carboxylic acids is 1. The number of hydrogen-bond donors (Lipinski definition) is 2. The number of amides is 1. The van der Waals surface area contributed by atoms with Gasteiger partial charge in [-0.2, -0.15) is 0 Å². The van der Waals surface area contributed by atoms with Gasteiger partial charge in [0, 0.05) is 11.4 Å². The summed E-state index contributed by atoms with van der Waals surface area (Å²) in [6.45, 7) is 4.79. The zero-order valence-corrected chi connectivity index (χ0v) is 13.3. The molecule has 19 heavy (non-hydrogen) atoms. The molecule has 0 radical (unpaired) electrons. The maximum atomic E-state index is 11.9. The van der Waals surface area contributed by atoms with Gasteiger partial charge in [-0.05, 0) is 47.4 Å². The van der Waals surface area contributed by atoms with Crippen LogP contribution in [0, 0.1) is 5.92 Å². The maximum Gasteiger partial charge on any atom is 0.224 e. The third-order valence-electron chi connectivity index (χ3n) is 2.51. The lowest BCUT2D eigenvalue weighted by Crippen LogP contribution is -2.20. The smallest absolute Gasteiger partial charge is 0.224 e. The number of anilines is 1. The van der Waals surface area contributed by atoms with E-state index in [1.54, 1.807) is 12.1 Å². The van der Waals surface area contributed by atoms with Crippen LogP contribution in [0.1, 0.15) is 20.3 Å². The van der Waals surface area contributed by atoms with E-state index in [9.17, 15) is 4.79 Å². The van der Waals surface area contributed by atoms with Crippen LogP contribution in [0.5, 0.6) is 5.75 Å². The van der Waals surface area contributed by atoms with Crippen LogP contribution in [-0.4, -0.2) is 19.1 Å². The van der Waals surface area contributed by atoms with Crippen LogP contribution in [-0.2, 0) is 4.79 Å². The van der Waals surface area contributed by atoms with Crippen LogP contribution in [0.25, 0.3) is 0 Å². The first-order valence-electron chi connectivity index (χ1n) is 6.09. The van der Waals surface area contributed by atoms with Crippen LogP contribution >= 0.6 is 27.5 Å². The highest BCUT2D eigenvalue weighted by atomic mass is 79.9. The molecule has 0 heterocycles. The molecule has 106 valence electrons. The molecule has 1 aromatic carbocycles. The molecular formula is C13H18BrClN2O2. The standard InChI is InChI=1S/C13H18BrClN2O2/c1-3-19-13-10(14)5-9(15)6-11(13)17-12(18)4-8(2)7-16/h5-6,8H,3-4,7,16H2,1-2H3,(H,17,18). The van der Waals surface area contributed by atoms with Crippen molar-refractivity contribution in [1.29, 1.82) is 0 Å². The van der Waals surface area contributed by atoms with E-state index < -0.39 is 0 Å². The molecule has 4 nitrogen and oxygen atoms in total. The van der Waals surface area contributed by atoms with Crippen molar-refractivity contribution in [2.75, 3.05) is 18.5 Å². The molecule has 0 aliphatic rings. The first-order valence-corrected chi connectivity index (χ1v) is 7.26. The molecule has 0 aliphatic carbocycles. The Hall–Kier alpha value is -0.780. The van der Waals surface area contributed by atoms with E-state index in [2.05, 4.69) is 21.2 Å². The van der Waals surface area contributed by atoms with Gasteiger partial charge in [-0.1, -0.05) is 18.5 Å². The molecule has 1 amide bonds. The molecule has 0 spiro atoms. The van der Waals surface area contributed by atoms with Crippen molar-refractivity contribution in [3.8, 4) is 5.75 Å². The Morgan fingerprint density at radius 1 is 1.58 bits per heavy atom. The van der Waals surface area contributed by atoms with Crippen molar-refractivity contribution < 1.29 is 9.53 Å². The van der Waals surface area contributed by atoms with Gasteiger partial charge < -0.3 is 15.8 Å². The molecule has 0 fully saturated rings. The second-order valence-corrected chi connectivity index (χ2v) is 5.58. The predicted octanol–water partition coefficient (Wildman–Crippen LogP) is 3.42. The van der Waals surface area contributed by atoms with E-state index in [0.717, 1.165) is 0 Å². The van der Waals surface area contributed by atoms with Crippen molar-refractivity contribution in [3.63, 3.8) is 0 Å². The van der Waals surface area contributed by atoms with Gasteiger partial charge in [0.1, 0.15) is 0 Å². The Morgan fingerprint density at radius 3 is 2.84 bits per heavy atom. The number of hydrogen-bond acceptors (Lipinski definition) is 3. The average Bonchev–Trinajstić information content (AvgIpc) is 2.33. The molecule has 6 heteroatoms. The molecule has 0 bridgehead atoms. The summed E-state index contributed by atoms with van der Waals surface area (Å²) in [7, 11) is 0. The monoisotopic (exact) mass is 348 g/mol. The third kappa shape index (κ3) is 5.01. The van der Waals surface area contributed by atoms with Crippen LogP contribution < -0.4 is 15.8 Å². The van der Waals surface area contributed by atoms with E-state index in [-0.39, 0.29) is 11.8 Å². The second kappa shape index (κ2) is 7.72. The number of nitrogens with two attached hydrogens (primary N) is 1. The molecule has 1 aromatic rings. The summed E-state index contributed by atoms with van der Waals surface area (Å²) in [6, 6.07) is 3.40. The summed E-state index contributed by atoms with van der Waals surface area (Å²) in [6.07, 6.45) is 0.367. The third-order valence-corrected chi connectivity index (χ3v) is 3.31. The lowest BCUT2D eigenvalue weighted by Gasteiger charge is -2.15. The van der Waals surface area contributed by atoms with Crippen LogP contribution in [0.4, 0.5) is 5.69 Å². The van der Waals surface area contributed by atoms with Crippen LogP contribution in [0.3, 0.4) is 0 Å². The van der Waals surface area contributed by atoms with Gasteiger partial charge in [0.15, 0.2) is 5.75 Å². The number of rotatable bonds is 6. The Bertz CT molecular complexity index is 455. The van der Waals surface area contributed by atoms with Crippen molar-refractivity contribution in [1.82, 2.24) is 0 Å². The summed E-state index contributed by atoms with van der Waals surface area (Å²) in [5, 5.41) is 3.33. The molecule has 1 atom stereocenters. The highest BCUT2D eigenvalue weighted by molar-refractivity contribution is 9.10. The zero-order valence-electron chi connectivity index (χ0n) is 11.0. The highest BCUT2D eigenvalue weighted by Gasteiger charge is 2.14. The van der Waals surface area contributed by atoms with E-state index in [1.165, 1.54) is 0 Å². The molecule has 1 rings (SSSR count). The first kappa shape index (κ1) is 16.3. The SMILES string of the molecule is CCOc1c(Br)cc(Cl)cc1NC(=O)CC(C)CN. The van der Waals surface area contributed by atoms with Gasteiger partial charge in [0.05, 0.1) is 16.8 Å². The van der Waals surface area contributed by atoms with Gasteiger partial charge in [-0.15, -0.1) is 0 Å². The Balaban J connectivity index is 2.89. The maximum absolute atomic E-state index is 11.9. The summed E-state index contributed by atoms with van der Waals surface area (Å²) < 4.78 is 6.22. The van der Waals surface area contributed by atoms with Gasteiger partial charge >= 0.3 is 0 Å². The summed E-state index contributed by atoms with van der Waals surface area (Å²) in [4.78, 5) is 11.9. The minimum Gasteiger partial charge on any atom is -0.491 e. The van der Waals surface area contributed by atoms with E-state index in [1.807, 2.05) is 13.8 Å². The van der Waals surface area contributed by atoms with E-state index in [4.69, 9.17) is 22.1 Å². The van der Waals surface area contributed by atoms with Crippen molar-refractivity contribution >= 4 is 39.1 Å². The number of carbonyl (C=O) groups is 1. The minimum absolute atomic E-state index is 0.104. The topological polar surface area (TPSA) is 64.3 Å². The Labute approximate surface area is 126 Å². The van der Waals surface area contributed by atoms with Gasteiger partial charge in [-0.25, -0.2) is 0 Å². The molecule has 0 saturated carbocycles. The average molecular weight is 350 g/mol. The number of ether oxygens (including phenoxy) is 1. The van der Waals surface area contributed by atoms with E-state index in [0.29, 0.717) is 40.5 Å². The Morgan fingerprint density at radius 2 is 2.26 bits per heavy atom. The van der Waals surface area contributed by atoms with Gasteiger partial charge in [0.25, 0.3) is 0 Å². The first-order chi connectivity index (χ1) is 8.97.